The minimum atomic E-state index is 0. The molecule has 0 aromatic rings. The highest BCUT2D eigenvalue weighted by molar-refractivity contribution is 14.0. The summed E-state index contributed by atoms with van der Waals surface area (Å²) in [5, 5.41) is 3.52. The summed E-state index contributed by atoms with van der Waals surface area (Å²) in [6.45, 7) is 12.0. The molecule has 0 radical (unpaired) electrons. The molecule has 4 aliphatic rings. The Hall–Kier alpha value is -0.570. The Balaban J connectivity index is 0.00000240. The molecule has 6 nitrogen and oxygen atoms in total. The molecule has 29 heavy (non-hydrogen) atoms. The first-order chi connectivity index (χ1) is 13.6. The van der Waals surface area contributed by atoms with Gasteiger partial charge in [-0.25, -0.2) is 0 Å². The van der Waals surface area contributed by atoms with Crippen molar-refractivity contribution < 1.29 is 4.79 Å². The number of nitrogens with one attached hydrogen (secondary N) is 1. The number of rotatable bonds is 4. The standard InChI is InChI=1S/C22H39N5O.HI/c1-3-23-22(24-16-18-6-8-25(9-7-18)17(2)28)27-12-10-26(11-13-27)21-15-19-4-5-20(21)14-19;/h18-21H,3-16H2,1-2H3,(H,23,24);1H. The number of nitrogens with zero attached hydrogens (tertiary/aromatic N) is 4. The molecule has 0 spiro atoms. The second kappa shape index (κ2) is 10.6. The van der Waals surface area contributed by atoms with Crippen molar-refractivity contribution in [3.8, 4) is 0 Å². The predicted molar refractivity (Wildman–Crippen MR) is 129 cm³/mol. The summed E-state index contributed by atoms with van der Waals surface area (Å²) >= 11 is 0. The lowest BCUT2D eigenvalue weighted by atomic mass is 9.93. The van der Waals surface area contributed by atoms with Gasteiger partial charge in [0.2, 0.25) is 5.91 Å². The van der Waals surface area contributed by atoms with E-state index in [0.717, 1.165) is 75.9 Å². The first-order valence-corrected chi connectivity index (χ1v) is 11.7. The van der Waals surface area contributed by atoms with Crippen molar-refractivity contribution in [1.29, 1.82) is 0 Å². The number of piperidine rings is 1. The third-order valence-corrected chi connectivity index (χ3v) is 7.68. The molecule has 7 heteroatoms. The highest BCUT2D eigenvalue weighted by Gasteiger charge is 2.42. The lowest BCUT2D eigenvalue weighted by Crippen LogP contribution is -2.55. The van der Waals surface area contributed by atoms with E-state index in [1.807, 2.05) is 4.90 Å². The molecule has 1 amide bonds. The lowest BCUT2D eigenvalue weighted by Gasteiger charge is -2.42. The largest absolute Gasteiger partial charge is 0.357 e. The number of carbonyl (C=O) groups is 1. The smallest absolute Gasteiger partial charge is 0.219 e. The highest BCUT2D eigenvalue weighted by atomic mass is 127. The maximum atomic E-state index is 11.5. The van der Waals surface area contributed by atoms with E-state index in [4.69, 9.17) is 4.99 Å². The zero-order valence-corrected chi connectivity index (χ0v) is 20.6. The number of guanidine groups is 1. The van der Waals surface area contributed by atoms with Crippen LogP contribution in [-0.2, 0) is 4.79 Å². The van der Waals surface area contributed by atoms with Crippen LogP contribution < -0.4 is 5.32 Å². The van der Waals surface area contributed by atoms with Crippen molar-refractivity contribution >= 4 is 35.8 Å². The number of piperazine rings is 1. The maximum Gasteiger partial charge on any atom is 0.219 e. The number of aliphatic imine (C=N–C) groups is 1. The molecule has 3 atom stereocenters. The van der Waals surface area contributed by atoms with Gasteiger partial charge in [0, 0.05) is 65.3 Å². The van der Waals surface area contributed by atoms with E-state index in [0.29, 0.717) is 5.92 Å². The second-order valence-corrected chi connectivity index (χ2v) is 9.41. The fraction of sp³-hybridized carbons (Fsp3) is 0.909. The van der Waals surface area contributed by atoms with Gasteiger partial charge in [-0.15, -0.1) is 24.0 Å². The number of hydrogen-bond donors (Lipinski definition) is 1. The number of hydrogen-bond acceptors (Lipinski definition) is 3. The minimum Gasteiger partial charge on any atom is -0.357 e. The van der Waals surface area contributed by atoms with E-state index in [-0.39, 0.29) is 29.9 Å². The van der Waals surface area contributed by atoms with E-state index in [2.05, 4.69) is 22.0 Å². The van der Waals surface area contributed by atoms with Gasteiger partial charge < -0.3 is 15.1 Å². The van der Waals surface area contributed by atoms with Gasteiger partial charge in [-0.2, -0.15) is 0 Å². The number of halogens is 1. The summed E-state index contributed by atoms with van der Waals surface area (Å²) in [6, 6.07) is 0.867. The molecule has 4 fully saturated rings. The van der Waals surface area contributed by atoms with E-state index < -0.39 is 0 Å². The summed E-state index contributed by atoms with van der Waals surface area (Å²) in [7, 11) is 0. The van der Waals surface area contributed by atoms with Crippen molar-refractivity contribution in [2.45, 2.75) is 58.4 Å². The molecule has 2 bridgehead atoms. The van der Waals surface area contributed by atoms with E-state index in [1.165, 1.54) is 38.8 Å². The van der Waals surface area contributed by atoms with Crippen LogP contribution in [0.3, 0.4) is 0 Å². The molecule has 2 aliphatic carbocycles. The third kappa shape index (κ3) is 5.57. The zero-order chi connectivity index (χ0) is 19.5. The van der Waals surface area contributed by atoms with Crippen LogP contribution in [0.2, 0.25) is 0 Å². The molecule has 0 aromatic carbocycles. The Morgan fingerprint density at radius 3 is 2.24 bits per heavy atom. The van der Waals surface area contributed by atoms with Crippen LogP contribution in [0.15, 0.2) is 4.99 Å². The molecule has 2 saturated carbocycles. The first-order valence-electron chi connectivity index (χ1n) is 11.7. The summed E-state index contributed by atoms with van der Waals surface area (Å²) in [4.78, 5) is 23.7. The molecule has 2 aliphatic heterocycles. The van der Waals surface area contributed by atoms with Crippen molar-refractivity contribution in [2.75, 3.05) is 52.4 Å². The normalized spacial score (nSPS) is 31.1. The molecule has 3 unspecified atom stereocenters. The van der Waals surface area contributed by atoms with Gasteiger partial charge in [-0.1, -0.05) is 6.42 Å². The van der Waals surface area contributed by atoms with E-state index in [9.17, 15) is 4.79 Å². The summed E-state index contributed by atoms with van der Waals surface area (Å²) in [6.07, 6.45) is 8.09. The molecule has 166 valence electrons. The van der Waals surface area contributed by atoms with Gasteiger partial charge in [0.05, 0.1) is 0 Å². The molecular weight excluding hydrogens is 477 g/mol. The van der Waals surface area contributed by atoms with Crippen LogP contribution in [0.5, 0.6) is 0 Å². The van der Waals surface area contributed by atoms with Gasteiger partial charge in [0.1, 0.15) is 0 Å². The zero-order valence-electron chi connectivity index (χ0n) is 18.3. The van der Waals surface area contributed by atoms with Gasteiger partial charge >= 0.3 is 0 Å². The average Bonchev–Trinajstić information content (AvgIpc) is 3.35. The molecular formula is C22H40IN5O. The van der Waals surface area contributed by atoms with Crippen LogP contribution in [0.25, 0.3) is 0 Å². The molecule has 0 aromatic heterocycles. The average molecular weight is 518 g/mol. The number of amides is 1. The second-order valence-electron chi connectivity index (χ2n) is 9.41. The van der Waals surface area contributed by atoms with Crippen molar-refractivity contribution in [2.24, 2.45) is 22.7 Å². The SMILES string of the molecule is CCNC(=NCC1CCN(C(C)=O)CC1)N1CCN(C2CC3CCC2C3)CC1.I. The minimum absolute atomic E-state index is 0. The topological polar surface area (TPSA) is 51.2 Å². The molecule has 2 saturated heterocycles. The van der Waals surface area contributed by atoms with E-state index in [1.54, 1.807) is 6.92 Å². The Morgan fingerprint density at radius 1 is 0.966 bits per heavy atom. The highest BCUT2D eigenvalue weighted by Crippen LogP contribution is 2.46. The van der Waals surface area contributed by atoms with Crippen LogP contribution in [0.4, 0.5) is 0 Å². The molecule has 2 heterocycles. The number of carbonyl (C=O) groups excluding carboxylic acids is 1. The summed E-state index contributed by atoms with van der Waals surface area (Å²) in [5.41, 5.74) is 0. The predicted octanol–water partition coefficient (Wildman–Crippen LogP) is 2.63. The van der Waals surface area contributed by atoms with Gasteiger partial charge in [0.15, 0.2) is 5.96 Å². The fourth-order valence-electron chi connectivity index (χ4n) is 6.00. The quantitative estimate of drug-likeness (QED) is 0.354. The van der Waals surface area contributed by atoms with Gasteiger partial charge in [0.25, 0.3) is 0 Å². The maximum absolute atomic E-state index is 11.5. The van der Waals surface area contributed by atoms with Crippen LogP contribution in [0, 0.1) is 17.8 Å². The summed E-state index contributed by atoms with van der Waals surface area (Å²) in [5.74, 6) is 3.94. The Labute approximate surface area is 193 Å². The van der Waals surface area contributed by atoms with Crippen molar-refractivity contribution in [3.63, 3.8) is 0 Å². The van der Waals surface area contributed by atoms with Crippen molar-refractivity contribution in [1.82, 2.24) is 20.0 Å². The first kappa shape index (κ1) is 23.1. The Morgan fingerprint density at radius 2 is 1.69 bits per heavy atom. The van der Waals surface area contributed by atoms with Crippen LogP contribution in [0.1, 0.15) is 52.4 Å². The monoisotopic (exact) mass is 517 g/mol. The fourth-order valence-corrected chi connectivity index (χ4v) is 6.00. The number of likely N-dealkylation sites (tertiary alicyclic amines) is 1. The third-order valence-electron chi connectivity index (χ3n) is 7.68. The summed E-state index contributed by atoms with van der Waals surface area (Å²) < 4.78 is 0. The van der Waals surface area contributed by atoms with Crippen molar-refractivity contribution in [3.05, 3.63) is 0 Å². The van der Waals surface area contributed by atoms with Gasteiger partial charge in [-0.3, -0.25) is 14.7 Å². The van der Waals surface area contributed by atoms with Gasteiger partial charge in [-0.05, 0) is 56.8 Å². The molecule has 1 N–H and O–H groups in total. The Bertz CT molecular complexity index is 570. The molecule has 4 rings (SSSR count). The van der Waals surface area contributed by atoms with Crippen LogP contribution >= 0.6 is 24.0 Å². The van der Waals surface area contributed by atoms with Crippen LogP contribution in [-0.4, -0.2) is 85.0 Å². The van der Waals surface area contributed by atoms with E-state index >= 15 is 0 Å². The lowest BCUT2D eigenvalue weighted by molar-refractivity contribution is -0.130. The number of fused-ring (bicyclic) bond motifs is 2. The Kier molecular flexibility index (Phi) is 8.48.